The van der Waals surface area contributed by atoms with Gasteiger partial charge in [-0.25, -0.2) is 4.39 Å². The fourth-order valence-electron chi connectivity index (χ4n) is 1.62. The molecule has 0 aliphatic rings. The minimum absolute atomic E-state index is 0.0899. The van der Waals surface area contributed by atoms with Gasteiger partial charge in [-0.05, 0) is 32.4 Å². The molecule has 0 aliphatic carbocycles. The van der Waals surface area contributed by atoms with Crippen molar-refractivity contribution in [2.24, 2.45) is 0 Å². The van der Waals surface area contributed by atoms with Gasteiger partial charge in [0.05, 0.1) is 5.56 Å². The number of hydrogen-bond donors (Lipinski definition) is 0. The van der Waals surface area contributed by atoms with Crippen LogP contribution in [0.2, 0.25) is 0 Å². The highest BCUT2D eigenvalue weighted by Gasteiger charge is 2.20. The van der Waals surface area contributed by atoms with Gasteiger partial charge in [0.2, 0.25) is 0 Å². The molecular weight excluding hydrogens is 205 g/mol. The predicted octanol–water partition coefficient (Wildman–Crippen LogP) is 3.09. The van der Waals surface area contributed by atoms with E-state index >= 15 is 0 Å². The van der Waals surface area contributed by atoms with Crippen molar-refractivity contribution in [3.05, 3.63) is 35.6 Å². The minimum atomic E-state index is -0.450. The number of halogens is 1. The fourth-order valence-corrected chi connectivity index (χ4v) is 1.62. The molecule has 0 saturated carbocycles. The predicted molar refractivity (Wildman–Crippen MR) is 62.9 cm³/mol. The second kappa shape index (κ2) is 5.64. The summed E-state index contributed by atoms with van der Waals surface area (Å²) in [4.78, 5) is 13.8. The summed E-state index contributed by atoms with van der Waals surface area (Å²) in [6.07, 6.45) is 0.873. The standard InChI is InChI=1S/C13H18FNO/c1-4-9-15(10(2)3)13(16)11-7-5-6-8-12(11)14/h5-8,10H,4,9H2,1-3H3. The topological polar surface area (TPSA) is 20.3 Å². The van der Waals surface area contributed by atoms with Crippen LogP contribution in [0.5, 0.6) is 0 Å². The minimum Gasteiger partial charge on any atom is -0.336 e. The fraction of sp³-hybridized carbons (Fsp3) is 0.462. The zero-order valence-corrected chi connectivity index (χ0v) is 10.0. The Bertz CT molecular complexity index is 363. The van der Waals surface area contributed by atoms with Crippen LogP contribution in [0.25, 0.3) is 0 Å². The second-order valence-electron chi connectivity index (χ2n) is 4.07. The number of nitrogens with zero attached hydrogens (tertiary/aromatic N) is 1. The van der Waals surface area contributed by atoms with E-state index in [0.717, 1.165) is 6.42 Å². The van der Waals surface area contributed by atoms with Crippen LogP contribution in [0, 0.1) is 5.82 Å². The first-order valence-corrected chi connectivity index (χ1v) is 5.63. The molecule has 2 nitrogen and oxygen atoms in total. The van der Waals surface area contributed by atoms with E-state index in [0.29, 0.717) is 6.54 Å². The Morgan fingerprint density at radius 2 is 2.00 bits per heavy atom. The molecule has 1 rings (SSSR count). The molecule has 88 valence electrons. The molecule has 1 aromatic carbocycles. The van der Waals surface area contributed by atoms with Gasteiger partial charge in [-0.1, -0.05) is 19.1 Å². The van der Waals surface area contributed by atoms with Crippen molar-refractivity contribution in [2.45, 2.75) is 33.2 Å². The van der Waals surface area contributed by atoms with Crippen LogP contribution in [0.3, 0.4) is 0 Å². The number of benzene rings is 1. The Morgan fingerprint density at radius 3 is 2.50 bits per heavy atom. The molecule has 0 unspecified atom stereocenters. The summed E-state index contributed by atoms with van der Waals surface area (Å²) in [6, 6.07) is 6.21. The Hall–Kier alpha value is -1.38. The molecule has 0 bridgehead atoms. The molecule has 0 radical (unpaired) electrons. The Labute approximate surface area is 96.1 Å². The van der Waals surface area contributed by atoms with Crippen LogP contribution >= 0.6 is 0 Å². The van der Waals surface area contributed by atoms with Crippen molar-refractivity contribution >= 4 is 5.91 Å². The average Bonchev–Trinajstić information content (AvgIpc) is 2.25. The Balaban J connectivity index is 2.95. The summed E-state index contributed by atoms with van der Waals surface area (Å²) in [5.74, 6) is -0.677. The molecule has 0 spiro atoms. The molecule has 0 saturated heterocycles. The van der Waals surface area contributed by atoms with E-state index in [4.69, 9.17) is 0 Å². The number of carbonyl (C=O) groups excluding carboxylic acids is 1. The Morgan fingerprint density at radius 1 is 1.38 bits per heavy atom. The molecule has 0 heterocycles. The van der Waals surface area contributed by atoms with Crippen molar-refractivity contribution < 1.29 is 9.18 Å². The van der Waals surface area contributed by atoms with E-state index in [2.05, 4.69) is 0 Å². The van der Waals surface area contributed by atoms with E-state index in [1.54, 1.807) is 17.0 Å². The summed E-state index contributed by atoms with van der Waals surface area (Å²) >= 11 is 0. The van der Waals surface area contributed by atoms with E-state index in [1.807, 2.05) is 20.8 Å². The van der Waals surface area contributed by atoms with E-state index in [-0.39, 0.29) is 17.5 Å². The van der Waals surface area contributed by atoms with E-state index < -0.39 is 5.82 Å². The molecular formula is C13H18FNO. The SMILES string of the molecule is CCCN(C(=O)c1ccccc1F)C(C)C. The highest BCUT2D eigenvalue weighted by Crippen LogP contribution is 2.12. The maximum Gasteiger partial charge on any atom is 0.257 e. The summed E-state index contributed by atoms with van der Waals surface area (Å²) in [5.41, 5.74) is 0.157. The van der Waals surface area contributed by atoms with Gasteiger partial charge >= 0.3 is 0 Å². The molecule has 3 heteroatoms. The normalized spacial score (nSPS) is 10.6. The summed E-state index contributed by atoms with van der Waals surface area (Å²) in [6.45, 7) is 6.54. The van der Waals surface area contributed by atoms with Gasteiger partial charge in [-0.2, -0.15) is 0 Å². The average molecular weight is 223 g/mol. The number of hydrogen-bond acceptors (Lipinski definition) is 1. The molecule has 0 fully saturated rings. The largest absolute Gasteiger partial charge is 0.336 e. The van der Waals surface area contributed by atoms with Gasteiger partial charge in [0.25, 0.3) is 5.91 Å². The van der Waals surface area contributed by atoms with Crippen LogP contribution < -0.4 is 0 Å². The summed E-state index contributed by atoms with van der Waals surface area (Å²) in [5, 5.41) is 0. The summed E-state index contributed by atoms with van der Waals surface area (Å²) in [7, 11) is 0. The van der Waals surface area contributed by atoms with Crippen molar-refractivity contribution in [3.8, 4) is 0 Å². The number of carbonyl (C=O) groups is 1. The second-order valence-corrected chi connectivity index (χ2v) is 4.07. The van der Waals surface area contributed by atoms with Crippen LogP contribution in [0.15, 0.2) is 24.3 Å². The van der Waals surface area contributed by atoms with E-state index in [1.165, 1.54) is 12.1 Å². The lowest BCUT2D eigenvalue weighted by molar-refractivity contribution is 0.0701. The van der Waals surface area contributed by atoms with Crippen molar-refractivity contribution in [1.82, 2.24) is 4.90 Å². The van der Waals surface area contributed by atoms with Gasteiger partial charge in [-0.3, -0.25) is 4.79 Å². The third-order valence-electron chi connectivity index (χ3n) is 2.45. The quantitative estimate of drug-likeness (QED) is 0.768. The van der Waals surface area contributed by atoms with Crippen LogP contribution in [-0.4, -0.2) is 23.4 Å². The lowest BCUT2D eigenvalue weighted by Crippen LogP contribution is -2.37. The van der Waals surface area contributed by atoms with Crippen molar-refractivity contribution in [2.75, 3.05) is 6.54 Å². The highest BCUT2D eigenvalue weighted by molar-refractivity contribution is 5.94. The zero-order valence-electron chi connectivity index (χ0n) is 10.0. The van der Waals surface area contributed by atoms with Gasteiger partial charge in [0, 0.05) is 12.6 Å². The van der Waals surface area contributed by atoms with Gasteiger partial charge < -0.3 is 4.90 Å². The number of amides is 1. The van der Waals surface area contributed by atoms with Crippen LogP contribution in [-0.2, 0) is 0 Å². The van der Waals surface area contributed by atoms with Crippen LogP contribution in [0.4, 0.5) is 4.39 Å². The van der Waals surface area contributed by atoms with Crippen LogP contribution in [0.1, 0.15) is 37.6 Å². The molecule has 0 atom stereocenters. The smallest absolute Gasteiger partial charge is 0.257 e. The van der Waals surface area contributed by atoms with E-state index in [9.17, 15) is 9.18 Å². The number of rotatable bonds is 4. The maximum absolute atomic E-state index is 13.5. The first kappa shape index (κ1) is 12.7. The molecule has 1 aromatic rings. The molecule has 1 amide bonds. The lowest BCUT2D eigenvalue weighted by atomic mass is 10.1. The van der Waals surface area contributed by atoms with Gasteiger partial charge in [-0.15, -0.1) is 0 Å². The first-order valence-electron chi connectivity index (χ1n) is 5.63. The monoisotopic (exact) mass is 223 g/mol. The summed E-state index contributed by atoms with van der Waals surface area (Å²) < 4.78 is 13.5. The zero-order chi connectivity index (χ0) is 12.1. The van der Waals surface area contributed by atoms with Crippen molar-refractivity contribution in [1.29, 1.82) is 0 Å². The maximum atomic E-state index is 13.5. The third kappa shape index (κ3) is 2.81. The molecule has 16 heavy (non-hydrogen) atoms. The van der Waals surface area contributed by atoms with Gasteiger partial charge in [0.1, 0.15) is 5.82 Å². The molecule has 0 aromatic heterocycles. The Kier molecular flexibility index (Phi) is 4.47. The first-order chi connectivity index (χ1) is 7.57. The lowest BCUT2D eigenvalue weighted by Gasteiger charge is -2.26. The van der Waals surface area contributed by atoms with Crippen molar-refractivity contribution in [3.63, 3.8) is 0 Å². The highest BCUT2D eigenvalue weighted by atomic mass is 19.1. The molecule has 0 aliphatic heterocycles. The third-order valence-corrected chi connectivity index (χ3v) is 2.45. The molecule has 0 N–H and O–H groups in total. The van der Waals surface area contributed by atoms with Gasteiger partial charge in [0.15, 0.2) is 0 Å².